The molecule has 0 radical (unpaired) electrons. The molecule has 3 heterocycles. The SMILES string of the molecule is CC1=C(C)C(=O)N(Nc2cc(CN3CCN(C(=O)c4ccc(N(C)C)cc4)CC3)c3ccc(Br)cc3n2)C1=O. The Labute approximate surface area is 236 Å². The molecular formula is C29H31BrN6O3. The van der Waals surface area contributed by atoms with Gasteiger partial charge >= 0.3 is 0 Å². The second-order valence-electron chi connectivity index (χ2n) is 10.1. The first-order chi connectivity index (χ1) is 18.6. The second-order valence-corrected chi connectivity index (χ2v) is 11.1. The zero-order chi connectivity index (χ0) is 27.8. The minimum Gasteiger partial charge on any atom is -0.378 e. The lowest BCUT2D eigenvalue weighted by Crippen LogP contribution is -2.48. The van der Waals surface area contributed by atoms with Gasteiger partial charge in [-0.3, -0.25) is 24.7 Å². The normalized spacial score (nSPS) is 16.4. The third-order valence-electron chi connectivity index (χ3n) is 7.38. The number of amides is 3. The van der Waals surface area contributed by atoms with Crippen molar-refractivity contribution in [3.8, 4) is 0 Å². The third kappa shape index (κ3) is 5.39. The minimum atomic E-state index is -0.368. The molecule has 9 nitrogen and oxygen atoms in total. The lowest BCUT2D eigenvalue weighted by Gasteiger charge is -2.35. The predicted octanol–water partition coefficient (Wildman–Crippen LogP) is 4.05. The molecule has 1 fully saturated rings. The van der Waals surface area contributed by atoms with Crippen LogP contribution in [-0.2, 0) is 16.1 Å². The summed E-state index contributed by atoms with van der Waals surface area (Å²) < 4.78 is 0.887. The molecule has 202 valence electrons. The van der Waals surface area contributed by atoms with Gasteiger partial charge in [0.2, 0.25) is 0 Å². The molecule has 0 saturated carbocycles. The highest BCUT2D eigenvalue weighted by Gasteiger charge is 2.34. The fourth-order valence-corrected chi connectivity index (χ4v) is 5.21. The number of hydrazine groups is 1. The van der Waals surface area contributed by atoms with Gasteiger partial charge in [0.05, 0.1) is 5.52 Å². The molecule has 0 spiro atoms. The maximum absolute atomic E-state index is 13.1. The molecule has 39 heavy (non-hydrogen) atoms. The minimum absolute atomic E-state index is 0.0461. The third-order valence-corrected chi connectivity index (χ3v) is 7.87. The number of piperazine rings is 1. The molecule has 0 bridgehead atoms. The first-order valence-corrected chi connectivity index (χ1v) is 13.6. The van der Waals surface area contributed by atoms with Crippen LogP contribution in [0.5, 0.6) is 0 Å². The number of hydrogen-bond donors (Lipinski definition) is 1. The summed E-state index contributed by atoms with van der Waals surface area (Å²) in [6.07, 6.45) is 0. The van der Waals surface area contributed by atoms with Crippen molar-refractivity contribution in [1.82, 2.24) is 19.8 Å². The largest absolute Gasteiger partial charge is 0.378 e. The smallest absolute Gasteiger partial charge is 0.275 e. The van der Waals surface area contributed by atoms with Crippen molar-refractivity contribution in [1.29, 1.82) is 0 Å². The van der Waals surface area contributed by atoms with Crippen molar-refractivity contribution in [3.05, 3.63) is 75.3 Å². The Morgan fingerprint density at radius 1 is 0.949 bits per heavy atom. The number of halogens is 1. The van der Waals surface area contributed by atoms with Gasteiger partial charge in [-0.1, -0.05) is 22.0 Å². The molecule has 2 aliphatic heterocycles. The van der Waals surface area contributed by atoms with Crippen LogP contribution in [0.2, 0.25) is 0 Å². The number of hydrogen-bond acceptors (Lipinski definition) is 7. The van der Waals surface area contributed by atoms with Crippen LogP contribution < -0.4 is 10.3 Å². The summed E-state index contributed by atoms with van der Waals surface area (Å²) in [4.78, 5) is 49.1. The van der Waals surface area contributed by atoms with Crippen molar-refractivity contribution in [2.75, 3.05) is 50.6 Å². The number of carbonyl (C=O) groups is 3. The molecule has 1 N–H and O–H groups in total. The maximum Gasteiger partial charge on any atom is 0.275 e. The van der Waals surface area contributed by atoms with Crippen molar-refractivity contribution in [2.45, 2.75) is 20.4 Å². The maximum atomic E-state index is 13.1. The summed E-state index contributed by atoms with van der Waals surface area (Å²) in [6, 6.07) is 15.5. The Kier molecular flexibility index (Phi) is 7.42. The first kappa shape index (κ1) is 26.8. The number of nitrogens with zero attached hydrogens (tertiary/aromatic N) is 5. The van der Waals surface area contributed by atoms with Crippen molar-refractivity contribution in [2.24, 2.45) is 0 Å². The Bertz CT molecular complexity index is 1470. The van der Waals surface area contributed by atoms with E-state index in [1.165, 1.54) is 0 Å². The molecule has 0 unspecified atom stereocenters. The molecular weight excluding hydrogens is 560 g/mol. The summed E-state index contributed by atoms with van der Waals surface area (Å²) in [7, 11) is 3.95. The van der Waals surface area contributed by atoms with Gasteiger partial charge in [0.15, 0.2) is 0 Å². The van der Waals surface area contributed by atoms with E-state index < -0.39 is 0 Å². The molecule has 10 heteroatoms. The lowest BCUT2D eigenvalue weighted by atomic mass is 10.1. The van der Waals surface area contributed by atoms with Gasteiger partial charge in [-0.2, -0.15) is 5.01 Å². The van der Waals surface area contributed by atoms with E-state index in [9.17, 15) is 14.4 Å². The fraction of sp³-hybridized carbons (Fsp3) is 0.310. The van der Waals surface area contributed by atoms with Gasteiger partial charge in [-0.25, -0.2) is 4.98 Å². The number of carbonyl (C=O) groups excluding carboxylic acids is 3. The molecule has 2 aliphatic rings. The summed E-state index contributed by atoms with van der Waals surface area (Å²) in [5.41, 5.74) is 7.31. The van der Waals surface area contributed by atoms with E-state index in [4.69, 9.17) is 0 Å². The fourth-order valence-electron chi connectivity index (χ4n) is 4.86. The van der Waals surface area contributed by atoms with E-state index in [2.05, 4.69) is 31.2 Å². The molecule has 1 aromatic heterocycles. The van der Waals surface area contributed by atoms with E-state index in [1.807, 2.05) is 72.4 Å². The van der Waals surface area contributed by atoms with Gasteiger partial charge in [0.25, 0.3) is 17.7 Å². The highest BCUT2D eigenvalue weighted by atomic mass is 79.9. The molecule has 1 saturated heterocycles. The van der Waals surface area contributed by atoms with Crippen LogP contribution in [0.3, 0.4) is 0 Å². The van der Waals surface area contributed by atoms with Crippen LogP contribution in [0.25, 0.3) is 10.9 Å². The molecule has 2 aromatic carbocycles. The Morgan fingerprint density at radius 3 is 2.21 bits per heavy atom. The van der Waals surface area contributed by atoms with Crippen LogP contribution in [-0.4, -0.2) is 77.8 Å². The number of benzene rings is 2. The Balaban J connectivity index is 1.31. The molecule has 0 atom stereocenters. The number of rotatable bonds is 6. The Hall–Kier alpha value is -3.76. The summed E-state index contributed by atoms with van der Waals surface area (Å²) in [5, 5.41) is 2.02. The summed E-state index contributed by atoms with van der Waals surface area (Å²) >= 11 is 3.52. The topological polar surface area (TPSA) is 89.1 Å². The van der Waals surface area contributed by atoms with E-state index in [-0.39, 0.29) is 17.7 Å². The van der Waals surface area contributed by atoms with Crippen LogP contribution in [0, 0.1) is 0 Å². The molecule has 5 rings (SSSR count). The predicted molar refractivity (Wildman–Crippen MR) is 155 cm³/mol. The van der Waals surface area contributed by atoms with E-state index >= 15 is 0 Å². The highest BCUT2D eigenvalue weighted by Crippen LogP contribution is 2.28. The van der Waals surface area contributed by atoms with Gasteiger partial charge in [0.1, 0.15) is 5.82 Å². The zero-order valence-electron chi connectivity index (χ0n) is 22.5. The van der Waals surface area contributed by atoms with Crippen LogP contribution >= 0.6 is 15.9 Å². The van der Waals surface area contributed by atoms with Crippen LogP contribution in [0.4, 0.5) is 11.5 Å². The van der Waals surface area contributed by atoms with Crippen molar-refractivity contribution < 1.29 is 14.4 Å². The van der Waals surface area contributed by atoms with E-state index in [0.29, 0.717) is 42.2 Å². The number of anilines is 2. The van der Waals surface area contributed by atoms with E-state index in [1.54, 1.807) is 13.8 Å². The summed E-state index contributed by atoms with van der Waals surface area (Å²) in [5.74, 6) is -0.265. The standard InChI is InChI=1S/C29H31BrN6O3/c1-18-19(2)28(38)36(27(18)37)32-26-15-21(24-10-7-22(30)16-25(24)31-26)17-34-11-13-35(14-12-34)29(39)20-5-8-23(9-6-20)33(3)4/h5-10,15-16H,11-14,17H2,1-4H3,(H,31,32). The molecule has 3 aromatic rings. The van der Waals surface area contributed by atoms with Gasteiger partial charge < -0.3 is 9.80 Å². The van der Waals surface area contributed by atoms with Gasteiger partial charge in [-0.15, -0.1) is 0 Å². The second kappa shape index (κ2) is 10.8. The van der Waals surface area contributed by atoms with E-state index in [0.717, 1.165) is 44.7 Å². The van der Waals surface area contributed by atoms with Gasteiger partial charge in [0, 0.05) is 79.1 Å². The van der Waals surface area contributed by atoms with Crippen LogP contribution in [0.1, 0.15) is 29.8 Å². The Morgan fingerprint density at radius 2 is 1.59 bits per heavy atom. The average molecular weight is 592 g/mol. The first-order valence-electron chi connectivity index (χ1n) is 12.8. The summed E-state index contributed by atoms with van der Waals surface area (Å²) in [6.45, 7) is 6.68. The van der Waals surface area contributed by atoms with Crippen LogP contribution in [0.15, 0.2) is 64.1 Å². The zero-order valence-corrected chi connectivity index (χ0v) is 24.1. The van der Waals surface area contributed by atoms with Crippen molar-refractivity contribution >= 4 is 56.1 Å². The quantitative estimate of drug-likeness (QED) is 0.433. The van der Waals surface area contributed by atoms with Crippen molar-refractivity contribution in [3.63, 3.8) is 0 Å². The van der Waals surface area contributed by atoms with Gasteiger partial charge in [-0.05, 0) is 61.9 Å². The number of fused-ring (bicyclic) bond motifs is 1. The monoisotopic (exact) mass is 590 g/mol. The molecule has 3 amide bonds. The average Bonchev–Trinajstić information content (AvgIpc) is 3.10. The number of nitrogens with one attached hydrogen (secondary N) is 1. The molecule has 0 aliphatic carbocycles. The number of imide groups is 1. The lowest BCUT2D eigenvalue weighted by molar-refractivity contribution is -0.135. The number of aromatic nitrogens is 1. The highest BCUT2D eigenvalue weighted by molar-refractivity contribution is 9.10. The number of pyridine rings is 1.